The first-order valence-corrected chi connectivity index (χ1v) is 27.6. The highest BCUT2D eigenvalue weighted by atomic mass is 16.3. The molecule has 2 heterocycles. The van der Waals surface area contributed by atoms with Crippen LogP contribution in [0.2, 0.25) is 0 Å². The Morgan fingerprint density at radius 3 is 1.09 bits per heavy atom. The molecule has 0 bridgehead atoms. The fourth-order valence-corrected chi connectivity index (χ4v) is 13.5. The van der Waals surface area contributed by atoms with Gasteiger partial charge in [0.2, 0.25) is 0 Å². The normalized spacial score (nSPS) is 12.0. The van der Waals surface area contributed by atoms with Crippen molar-refractivity contribution in [2.75, 3.05) is 9.80 Å². The van der Waals surface area contributed by atoms with Crippen LogP contribution in [0.15, 0.2) is 251 Å². The second-order valence-corrected chi connectivity index (χ2v) is 21.7. The summed E-state index contributed by atoms with van der Waals surface area (Å²) in [6.07, 6.45) is 0. The van der Waals surface area contributed by atoms with Crippen LogP contribution < -0.4 is 9.80 Å². The highest BCUT2D eigenvalue weighted by Crippen LogP contribution is 2.51. The topological polar surface area (TPSA) is 32.8 Å². The summed E-state index contributed by atoms with van der Waals surface area (Å²) >= 11 is 0. The number of nitrogens with zero attached hydrogens (tertiary/aromatic N) is 2. The molecule has 0 aliphatic carbocycles. The van der Waals surface area contributed by atoms with Crippen molar-refractivity contribution in [3.63, 3.8) is 0 Å². The summed E-state index contributed by atoms with van der Waals surface area (Å²) in [5, 5.41) is 16.5. The summed E-state index contributed by atoms with van der Waals surface area (Å²) in [5.74, 6) is 0. The molecule has 80 heavy (non-hydrogen) atoms. The molecule has 0 saturated carbocycles. The van der Waals surface area contributed by atoms with Gasteiger partial charge < -0.3 is 18.6 Å². The van der Waals surface area contributed by atoms with Gasteiger partial charge in [0, 0.05) is 54.8 Å². The molecule has 378 valence electrons. The molecule has 4 heteroatoms. The summed E-state index contributed by atoms with van der Waals surface area (Å²) in [6.45, 7) is 8.94. The number of hydrogen-bond acceptors (Lipinski definition) is 4. The molecule has 0 aliphatic rings. The van der Waals surface area contributed by atoms with E-state index in [-0.39, 0.29) is 0 Å². The molecule has 0 amide bonds. The van der Waals surface area contributed by atoms with E-state index in [1.807, 2.05) is 0 Å². The average Bonchev–Trinajstić information content (AvgIpc) is 4.14. The summed E-state index contributed by atoms with van der Waals surface area (Å²) in [5.41, 5.74) is 19.4. The van der Waals surface area contributed by atoms with Crippen molar-refractivity contribution < 1.29 is 8.83 Å². The lowest BCUT2D eigenvalue weighted by atomic mass is 9.91. The maximum Gasteiger partial charge on any atom is 0.143 e. The van der Waals surface area contributed by atoms with Gasteiger partial charge in [-0.2, -0.15) is 0 Å². The molecular weight excluding hydrogens is 973 g/mol. The SMILES string of the molecule is Cc1cccc(C)c1N(c1cccc(-c2cc3ccccc3c3c2oc2ccccc23)c1)c1ccc2ccc3c(N(c4cccc(-c5cc6ccccc6c6c5oc5ccccc56)c4)c4c(C)cccc4C)ccc4ccc1c2c43. The van der Waals surface area contributed by atoms with E-state index in [4.69, 9.17) is 8.83 Å². The first kappa shape index (κ1) is 46.0. The zero-order valence-electron chi connectivity index (χ0n) is 44.8. The molecule has 4 nitrogen and oxygen atoms in total. The molecule has 0 spiro atoms. The van der Waals surface area contributed by atoms with Crippen molar-refractivity contribution in [2.24, 2.45) is 0 Å². The Kier molecular flexibility index (Phi) is 10.2. The maximum absolute atomic E-state index is 6.82. The van der Waals surface area contributed by atoms with Crippen LogP contribution in [0, 0.1) is 27.7 Å². The van der Waals surface area contributed by atoms with Crippen LogP contribution in [0.5, 0.6) is 0 Å². The number of para-hydroxylation sites is 4. The van der Waals surface area contributed by atoms with Gasteiger partial charge in [-0.3, -0.25) is 0 Å². The summed E-state index contributed by atoms with van der Waals surface area (Å²) < 4.78 is 13.6. The molecule has 0 aliphatic heterocycles. The second kappa shape index (κ2) is 17.7. The van der Waals surface area contributed by atoms with Crippen molar-refractivity contribution in [3.05, 3.63) is 265 Å². The smallest absolute Gasteiger partial charge is 0.143 e. The number of rotatable bonds is 8. The standard InChI is InChI=1S/C76H52N2O2/c1-45-17-13-18-46(2)73(45)77(55-25-15-23-51(41-55)63-43-53-21-5-7-27-57(53)71-61-29-9-11-31-67(61)79-75(63)71)65-39-35-49-34-38-60-66(40-36-50-33-37-59(65)69(49)70(50)60)78(74-47(3)19-14-20-48(74)4)56-26-16-24-52(42-56)64-44-54-22-6-8-28-58(54)72-62-30-10-12-32-68(62)80-76(64)72/h5-44H,1-4H3. The molecular formula is C76H52N2O2. The van der Waals surface area contributed by atoms with Gasteiger partial charge in [-0.05, 0) is 165 Å². The molecule has 14 aromatic carbocycles. The maximum atomic E-state index is 6.82. The van der Waals surface area contributed by atoms with E-state index in [9.17, 15) is 0 Å². The van der Waals surface area contributed by atoms with Gasteiger partial charge in [-0.15, -0.1) is 0 Å². The fourth-order valence-electron chi connectivity index (χ4n) is 13.5. The minimum atomic E-state index is 0.890. The summed E-state index contributed by atoms with van der Waals surface area (Å²) in [4.78, 5) is 5.00. The molecule has 16 aromatic rings. The van der Waals surface area contributed by atoms with Crippen molar-refractivity contribution in [3.8, 4) is 22.3 Å². The minimum Gasteiger partial charge on any atom is -0.455 e. The molecule has 0 N–H and O–H groups in total. The number of anilines is 6. The Bertz CT molecular complexity index is 4850. The van der Waals surface area contributed by atoms with Gasteiger partial charge in [0.15, 0.2) is 0 Å². The number of benzene rings is 14. The van der Waals surface area contributed by atoms with E-state index in [0.717, 1.165) is 88.9 Å². The predicted molar refractivity (Wildman–Crippen MR) is 339 cm³/mol. The Morgan fingerprint density at radius 2 is 0.650 bits per heavy atom. The van der Waals surface area contributed by atoms with Crippen molar-refractivity contribution in [2.45, 2.75) is 27.7 Å². The number of fused-ring (bicyclic) bond motifs is 10. The molecule has 0 fully saturated rings. The average molecular weight is 1030 g/mol. The van der Waals surface area contributed by atoms with Gasteiger partial charge in [0.25, 0.3) is 0 Å². The largest absolute Gasteiger partial charge is 0.455 e. The van der Waals surface area contributed by atoms with Crippen LogP contribution >= 0.6 is 0 Å². The van der Waals surface area contributed by atoms with Crippen LogP contribution in [0.25, 0.3) is 120 Å². The lowest BCUT2D eigenvalue weighted by molar-refractivity contribution is 0.670. The van der Waals surface area contributed by atoms with Crippen molar-refractivity contribution >= 4 is 132 Å². The number of hydrogen-bond donors (Lipinski definition) is 0. The predicted octanol–water partition coefficient (Wildman–Crippen LogP) is 22.2. The van der Waals surface area contributed by atoms with Gasteiger partial charge in [-0.1, -0.05) is 182 Å². The Balaban J connectivity index is 0.907. The van der Waals surface area contributed by atoms with E-state index >= 15 is 0 Å². The van der Waals surface area contributed by atoms with Crippen molar-refractivity contribution in [1.82, 2.24) is 0 Å². The third kappa shape index (κ3) is 6.88. The van der Waals surface area contributed by atoms with Crippen LogP contribution in [0.1, 0.15) is 22.3 Å². The van der Waals surface area contributed by atoms with Crippen LogP contribution in [-0.4, -0.2) is 0 Å². The van der Waals surface area contributed by atoms with E-state index in [1.54, 1.807) is 0 Å². The minimum absolute atomic E-state index is 0.890. The van der Waals surface area contributed by atoms with Gasteiger partial charge in [0.05, 0.1) is 22.7 Å². The van der Waals surface area contributed by atoms with E-state index in [0.29, 0.717) is 0 Å². The first-order valence-electron chi connectivity index (χ1n) is 27.6. The summed E-state index contributed by atoms with van der Waals surface area (Å²) in [7, 11) is 0. The Labute approximate surface area is 462 Å². The zero-order chi connectivity index (χ0) is 53.3. The molecule has 0 saturated heterocycles. The lowest BCUT2D eigenvalue weighted by Crippen LogP contribution is -2.14. The van der Waals surface area contributed by atoms with E-state index in [2.05, 4.69) is 280 Å². The third-order valence-electron chi connectivity index (χ3n) is 17.0. The monoisotopic (exact) mass is 1020 g/mol. The molecule has 0 radical (unpaired) electrons. The number of furan rings is 2. The summed E-state index contributed by atoms with van der Waals surface area (Å²) in [6, 6.07) is 88.8. The van der Waals surface area contributed by atoms with Gasteiger partial charge in [-0.25, -0.2) is 0 Å². The highest BCUT2D eigenvalue weighted by Gasteiger charge is 2.26. The van der Waals surface area contributed by atoms with Crippen LogP contribution in [0.4, 0.5) is 34.1 Å². The zero-order valence-corrected chi connectivity index (χ0v) is 44.8. The van der Waals surface area contributed by atoms with Gasteiger partial charge in [0.1, 0.15) is 22.3 Å². The van der Waals surface area contributed by atoms with E-state index in [1.165, 1.54) is 87.5 Å². The molecule has 2 aromatic heterocycles. The van der Waals surface area contributed by atoms with Crippen molar-refractivity contribution in [1.29, 1.82) is 0 Å². The highest BCUT2D eigenvalue weighted by molar-refractivity contribution is 6.29. The quantitative estimate of drug-likeness (QED) is 0.142. The molecule has 0 atom stereocenters. The van der Waals surface area contributed by atoms with Crippen LogP contribution in [-0.2, 0) is 0 Å². The first-order chi connectivity index (χ1) is 39.3. The lowest BCUT2D eigenvalue weighted by Gasteiger charge is -2.32. The van der Waals surface area contributed by atoms with Gasteiger partial charge >= 0.3 is 0 Å². The number of aryl methyl sites for hydroxylation is 4. The van der Waals surface area contributed by atoms with Crippen LogP contribution in [0.3, 0.4) is 0 Å². The molecule has 0 unspecified atom stereocenters. The Morgan fingerprint density at radius 1 is 0.275 bits per heavy atom. The van der Waals surface area contributed by atoms with E-state index < -0.39 is 0 Å². The third-order valence-corrected chi connectivity index (χ3v) is 17.0. The molecule has 16 rings (SSSR count). The fraction of sp³-hybridized carbons (Fsp3) is 0.0526. The Hall–Kier alpha value is -10.2. The second-order valence-electron chi connectivity index (χ2n) is 21.7.